The lowest BCUT2D eigenvalue weighted by molar-refractivity contribution is 0.0950. The highest BCUT2D eigenvalue weighted by atomic mass is 16.3. The van der Waals surface area contributed by atoms with Crippen molar-refractivity contribution in [1.82, 2.24) is 15.6 Å². The number of phenols is 2. The van der Waals surface area contributed by atoms with Crippen LogP contribution in [0.25, 0.3) is 22.0 Å². The monoisotopic (exact) mass is 398 g/mol. The number of aromatic hydroxyl groups is 2. The number of carbonyl (C=O) groups excluding carboxylic acids is 1. The van der Waals surface area contributed by atoms with E-state index in [4.69, 9.17) is 0 Å². The summed E-state index contributed by atoms with van der Waals surface area (Å²) in [6.45, 7) is 0. The van der Waals surface area contributed by atoms with Crippen molar-refractivity contribution in [2.24, 2.45) is 5.10 Å². The molecule has 0 spiro atoms. The van der Waals surface area contributed by atoms with Crippen LogP contribution in [0, 0.1) is 0 Å². The fourth-order valence-corrected chi connectivity index (χ4v) is 3.89. The summed E-state index contributed by atoms with van der Waals surface area (Å²) in [4.78, 5) is 12.4. The first-order valence-electron chi connectivity index (χ1n) is 9.55. The lowest BCUT2D eigenvalue weighted by Gasteiger charge is -2.06. The molecule has 1 aliphatic carbocycles. The molecule has 7 heteroatoms. The molecule has 4 aromatic rings. The molecule has 0 saturated carbocycles. The summed E-state index contributed by atoms with van der Waals surface area (Å²) in [6, 6.07) is 16.5. The van der Waals surface area contributed by atoms with Gasteiger partial charge in [-0.05, 0) is 64.6 Å². The fourth-order valence-electron chi connectivity index (χ4n) is 3.89. The summed E-state index contributed by atoms with van der Waals surface area (Å²) in [5, 5.41) is 32.3. The van der Waals surface area contributed by atoms with Crippen molar-refractivity contribution in [3.8, 4) is 22.8 Å². The first-order valence-corrected chi connectivity index (χ1v) is 9.55. The van der Waals surface area contributed by atoms with Crippen LogP contribution >= 0.6 is 0 Å². The number of phenolic OH excluding ortho intramolecular Hbond substituents is 2. The maximum Gasteiger partial charge on any atom is 0.289 e. The molecule has 4 N–H and O–H groups in total. The predicted molar refractivity (Wildman–Crippen MR) is 114 cm³/mol. The van der Waals surface area contributed by atoms with Gasteiger partial charge in [-0.3, -0.25) is 9.89 Å². The van der Waals surface area contributed by atoms with Gasteiger partial charge in [0.05, 0.1) is 11.9 Å². The third-order valence-corrected chi connectivity index (χ3v) is 5.35. The number of nitrogens with zero attached hydrogens (tertiary/aromatic N) is 2. The van der Waals surface area contributed by atoms with E-state index in [1.807, 2.05) is 0 Å². The van der Waals surface area contributed by atoms with Gasteiger partial charge in [0.15, 0.2) is 11.5 Å². The molecule has 0 bridgehead atoms. The van der Waals surface area contributed by atoms with Crippen molar-refractivity contribution in [3.63, 3.8) is 0 Å². The summed E-state index contributed by atoms with van der Waals surface area (Å²) in [6.07, 6.45) is 3.49. The van der Waals surface area contributed by atoms with Gasteiger partial charge in [-0.2, -0.15) is 10.2 Å². The highest BCUT2D eigenvalue weighted by Crippen LogP contribution is 2.36. The second-order valence-corrected chi connectivity index (χ2v) is 7.23. The minimum atomic E-state index is -0.432. The van der Waals surface area contributed by atoms with Crippen LogP contribution in [-0.4, -0.2) is 32.5 Å². The average Bonchev–Trinajstić information content (AvgIpc) is 3.40. The Balaban J connectivity index is 1.37. The van der Waals surface area contributed by atoms with Crippen LogP contribution in [0.1, 0.15) is 27.2 Å². The molecule has 1 aliphatic rings. The van der Waals surface area contributed by atoms with Crippen LogP contribution in [0.15, 0.2) is 59.7 Å². The molecule has 148 valence electrons. The van der Waals surface area contributed by atoms with Crippen molar-refractivity contribution >= 4 is 22.9 Å². The summed E-state index contributed by atoms with van der Waals surface area (Å²) in [5.74, 6) is -0.906. The van der Waals surface area contributed by atoms with Crippen LogP contribution in [0.2, 0.25) is 0 Å². The zero-order chi connectivity index (χ0) is 20.7. The number of rotatable bonds is 4. The maximum absolute atomic E-state index is 12.4. The minimum Gasteiger partial charge on any atom is -0.504 e. The van der Waals surface area contributed by atoms with Crippen LogP contribution in [0.3, 0.4) is 0 Å². The standard InChI is InChI=1S/C23H18N4O3/c28-20-9-4-13(10-21(20)29)12-24-27-23(30)19-11-18(25-26-19)16-8-7-15-6-5-14-2-1-3-17(16)22(14)15/h1-4,7-12,28-29H,5-6H2,(H,25,26)(H,27,30)/b24-12+. The molecule has 0 unspecified atom stereocenters. The molecule has 30 heavy (non-hydrogen) atoms. The van der Waals surface area contributed by atoms with Crippen molar-refractivity contribution in [2.45, 2.75) is 12.8 Å². The number of hydrogen-bond acceptors (Lipinski definition) is 5. The lowest BCUT2D eigenvalue weighted by Crippen LogP contribution is -2.17. The summed E-state index contributed by atoms with van der Waals surface area (Å²) in [5.41, 5.74) is 7.64. The number of hydrazone groups is 1. The largest absolute Gasteiger partial charge is 0.504 e. The Labute approximate surface area is 171 Å². The van der Waals surface area contributed by atoms with Gasteiger partial charge in [-0.15, -0.1) is 0 Å². The van der Waals surface area contributed by atoms with Gasteiger partial charge >= 0.3 is 0 Å². The third kappa shape index (κ3) is 3.06. The molecule has 0 saturated heterocycles. The number of H-pyrrole nitrogens is 1. The van der Waals surface area contributed by atoms with Gasteiger partial charge < -0.3 is 10.2 Å². The number of benzene rings is 3. The molecule has 1 amide bonds. The van der Waals surface area contributed by atoms with Crippen LogP contribution in [0.5, 0.6) is 11.5 Å². The number of nitrogens with one attached hydrogen (secondary N) is 2. The van der Waals surface area contributed by atoms with Gasteiger partial charge in [-0.1, -0.05) is 30.3 Å². The molecule has 5 rings (SSSR count). The van der Waals surface area contributed by atoms with E-state index in [2.05, 4.69) is 51.1 Å². The SMILES string of the molecule is O=C(N/N=C/c1ccc(O)c(O)c1)c1cc(-c2ccc3c4c(cccc24)CC3)n[nH]1. The number of aryl methyl sites for hydroxylation is 2. The Kier molecular flexibility index (Phi) is 4.21. The second kappa shape index (κ2) is 7.04. The van der Waals surface area contributed by atoms with Crippen LogP contribution < -0.4 is 5.43 Å². The summed E-state index contributed by atoms with van der Waals surface area (Å²) in [7, 11) is 0. The van der Waals surface area contributed by atoms with Crippen molar-refractivity contribution in [2.75, 3.05) is 0 Å². The number of aromatic amines is 1. The van der Waals surface area contributed by atoms with Gasteiger partial charge in [0.1, 0.15) is 5.69 Å². The Morgan fingerprint density at radius 3 is 2.70 bits per heavy atom. The van der Waals surface area contributed by atoms with E-state index >= 15 is 0 Å². The summed E-state index contributed by atoms with van der Waals surface area (Å²) < 4.78 is 0. The number of amides is 1. The van der Waals surface area contributed by atoms with Crippen LogP contribution in [0.4, 0.5) is 0 Å². The minimum absolute atomic E-state index is 0.218. The topological polar surface area (TPSA) is 111 Å². The summed E-state index contributed by atoms with van der Waals surface area (Å²) >= 11 is 0. The van der Waals surface area contributed by atoms with Crippen LogP contribution in [-0.2, 0) is 12.8 Å². The number of hydrogen-bond donors (Lipinski definition) is 4. The number of aromatic nitrogens is 2. The zero-order valence-corrected chi connectivity index (χ0v) is 15.9. The van der Waals surface area contributed by atoms with E-state index < -0.39 is 5.91 Å². The normalized spacial score (nSPS) is 12.7. The van der Waals surface area contributed by atoms with E-state index in [0.29, 0.717) is 17.0 Å². The smallest absolute Gasteiger partial charge is 0.289 e. The van der Waals surface area contributed by atoms with Gasteiger partial charge in [0.25, 0.3) is 5.91 Å². The molecular weight excluding hydrogens is 380 g/mol. The number of carbonyl (C=O) groups is 1. The molecule has 3 aromatic carbocycles. The molecular formula is C23H18N4O3. The third-order valence-electron chi connectivity index (χ3n) is 5.35. The molecule has 0 fully saturated rings. The van der Waals surface area contributed by atoms with E-state index in [0.717, 1.165) is 23.8 Å². The Morgan fingerprint density at radius 2 is 1.87 bits per heavy atom. The van der Waals surface area contributed by atoms with E-state index in [1.54, 1.807) is 12.1 Å². The van der Waals surface area contributed by atoms with E-state index in [9.17, 15) is 15.0 Å². The second-order valence-electron chi connectivity index (χ2n) is 7.23. The molecule has 0 radical (unpaired) electrons. The quantitative estimate of drug-likeness (QED) is 0.239. The van der Waals surface area contributed by atoms with Crippen molar-refractivity contribution in [3.05, 3.63) is 77.0 Å². The van der Waals surface area contributed by atoms with E-state index in [1.165, 1.54) is 34.9 Å². The maximum atomic E-state index is 12.4. The lowest BCUT2D eigenvalue weighted by atomic mass is 9.98. The molecule has 1 aromatic heterocycles. The Bertz CT molecular complexity index is 1310. The highest BCUT2D eigenvalue weighted by molar-refractivity contribution is 6.02. The first-order chi connectivity index (χ1) is 14.6. The average molecular weight is 398 g/mol. The highest BCUT2D eigenvalue weighted by Gasteiger charge is 2.18. The van der Waals surface area contributed by atoms with Gasteiger partial charge in [0.2, 0.25) is 0 Å². The van der Waals surface area contributed by atoms with Crippen molar-refractivity contribution in [1.29, 1.82) is 0 Å². The molecule has 0 atom stereocenters. The van der Waals surface area contributed by atoms with Gasteiger partial charge in [0, 0.05) is 5.56 Å². The predicted octanol–water partition coefficient (Wildman–Crippen LogP) is 3.50. The Morgan fingerprint density at radius 1 is 1.03 bits per heavy atom. The molecule has 1 heterocycles. The van der Waals surface area contributed by atoms with E-state index in [-0.39, 0.29) is 11.5 Å². The zero-order valence-electron chi connectivity index (χ0n) is 15.9. The molecule has 7 nitrogen and oxygen atoms in total. The fraction of sp³-hybridized carbons (Fsp3) is 0.0870. The Hall–Kier alpha value is -4.13. The van der Waals surface area contributed by atoms with Crippen molar-refractivity contribution < 1.29 is 15.0 Å². The first kappa shape index (κ1) is 17.9. The van der Waals surface area contributed by atoms with Gasteiger partial charge in [-0.25, -0.2) is 5.43 Å². The molecule has 0 aliphatic heterocycles.